The van der Waals surface area contributed by atoms with Crippen molar-refractivity contribution in [3.8, 4) is 0 Å². The number of carbonyl (C=O) groups is 1. The summed E-state index contributed by atoms with van der Waals surface area (Å²) in [5.74, 6) is 0.716. The summed E-state index contributed by atoms with van der Waals surface area (Å²) in [6.07, 6.45) is 6.73. The van der Waals surface area contributed by atoms with Crippen molar-refractivity contribution < 1.29 is 4.79 Å². The van der Waals surface area contributed by atoms with Gasteiger partial charge in [-0.15, -0.1) is 0 Å². The summed E-state index contributed by atoms with van der Waals surface area (Å²) in [7, 11) is 1.94. The Labute approximate surface area is 100 Å². The van der Waals surface area contributed by atoms with Crippen LogP contribution >= 0.6 is 0 Å². The molecule has 0 rings (SSSR count). The normalized spacial score (nSPS) is 12.4. The SMILES string of the molecule is CCCCCCCC(=O)NCC(C)CNC. The van der Waals surface area contributed by atoms with Gasteiger partial charge in [0.1, 0.15) is 0 Å². The van der Waals surface area contributed by atoms with Crippen LogP contribution in [0.15, 0.2) is 0 Å². The van der Waals surface area contributed by atoms with Crippen LogP contribution in [0.5, 0.6) is 0 Å². The Morgan fingerprint density at radius 2 is 1.81 bits per heavy atom. The lowest BCUT2D eigenvalue weighted by molar-refractivity contribution is -0.121. The van der Waals surface area contributed by atoms with Gasteiger partial charge >= 0.3 is 0 Å². The van der Waals surface area contributed by atoms with E-state index in [2.05, 4.69) is 24.5 Å². The Morgan fingerprint density at radius 3 is 2.44 bits per heavy atom. The van der Waals surface area contributed by atoms with Crippen molar-refractivity contribution in [2.24, 2.45) is 5.92 Å². The Bertz CT molecular complexity index is 171. The molecule has 0 radical (unpaired) electrons. The van der Waals surface area contributed by atoms with Crippen molar-refractivity contribution in [2.45, 2.75) is 52.4 Å². The first-order valence-corrected chi connectivity index (χ1v) is 6.62. The highest BCUT2D eigenvalue weighted by molar-refractivity contribution is 5.75. The summed E-state index contributed by atoms with van der Waals surface area (Å²) in [5.41, 5.74) is 0. The van der Waals surface area contributed by atoms with Gasteiger partial charge in [-0.2, -0.15) is 0 Å². The number of amides is 1. The van der Waals surface area contributed by atoms with Gasteiger partial charge in [-0.25, -0.2) is 0 Å². The van der Waals surface area contributed by atoms with Crippen molar-refractivity contribution in [1.29, 1.82) is 0 Å². The Hall–Kier alpha value is -0.570. The van der Waals surface area contributed by atoms with Crippen LogP contribution in [0.25, 0.3) is 0 Å². The van der Waals surface area contributed by atoms with Crippen LogP contribution in [-0.2, 0) is 4.79 Å². The molecule has 96 valence electrons. The van der Waals surface area contributed by atoms with Crippen molar-refractivity contribution in [2.75, 3.05) is 20.1 Å². The highest BCUT2D eigenvalue weighted by atomic mass is 16.1. The number of rotatable bonds is 10. The van der Waals surface area contributed by atoms with Crippen molar-refractivity contribution in [3.63, 3.8) is 0 Å². The minimum absolute atomic E-state index is 0.208. The first-order valence-electron chi connectivity index (χ1n) is 6.62. The van der Waals surface area contributed by atoms with Gasteiger partial charge in [0.15, 0.2) is 0 Å². The molecule has 0 spiro atoms. The fourth-order valence-corrected chi connectivity index (χ4v) is 1.69. The molecule has 0 aromatic heterocycles. The number of hydrogen-bond donors (Lipinski definition) is 2. The van der Waals surface area contributed by atoms with Crippen LogP contribution in [0.1, 0.15) is 52.4 Å². The first kappa shape index (κ1) is 15.4. The van der Waals surface area contributed by atoms with Crippen LogP contribution in [0.4, 0.5) is 0 Å². The quantitative estimate of drug-likeness (QED) is 0.563. The molecule has 0 heterocycles. The van der Waals surface area contributed by atoms with Crippen LogP contribution in [0.2, 0.25) is 0 Å². The number of hydrogen-bond acceptors (Lipinski definition) is 2. The highest BCUT2D eigenvalue weighted by Gasteiger charge is 2.04. The van der Waals surface area contributed by atoms with E-state index in [1.54, 1.807) is 0 Å². The average molecular weight is 228 g/mol. The second-order valence-corrected chi connectivity index (χ2v) is 4.63. The molecule has 3 heteroatoms. The lowest BCUT2D eigenvalue weighted by Gasteiger charge is -2.11. The zero-order valence-electron chi connectivity index (χ0n) is 11.1. The van der Waals surface area contributed by atoms with Gasteiger partial charge in [0.05, 0.1) is 0 Å². The highest BCUT2D eigenvalue weighted by Crippen LogP contribution is 2.04. The molecule has 0 aliphatic heterocycles. The molecule has 2 N–H and O–H groups in total. The van der Waals surface area contributed by atoms with E-state index in [4.69, 9.17) is 0 Å². The Morgan fingerprint density at radius 1 is 1.12 bits per heavy atom. The molecule has 0 bridgehead atoms. The topological polar surface area (TPSA) is 41.1 Å². The summed E-state index contributed by atoms with van der Waals surface area (Å²) in [4.78, 5) is 11.5. The minimum atomic E-state index is 0.208. The third kappa shape index (κ3) is 9.97. The molecular formula is C13H28N2O. The molecule has 0 aliphatic rings. The fourth-order valence-electron chi connectivity index (χ4n) is 1.69. The molecule has 0 aromatic carbocycles. The van der Waals surface area contributed by atoms with Crippen LogP contribution in [0, 0.1) is 5.92 Å². The van der Waals surface area contributed by atoms with Crippen molar-refractivity contribution in [3.05, 3.63) is 0 Å². The summed E-state index contributed by atoms with van der Waals surface area (Å²) < 4.78 is 0. The third-order valence-corrected chi connectivity index (χ3v) is 2.71. The maximum Gasteiger partial charge on any atom is 0.220 e. The zero-order valence-corrected chi connectivity index (χ0v) is 11.1. The van der Waals surface area contributed by atoms with Gasteiger partial charge in [-0.1, -0.05) is 39.5 Å². The second-order valence-electron chi connectivity index (χ2n) is 4.63. The zero-order chi connectivity index (χ0) is 12.2. The number of unbranched alkanes of at least 4 members (excludes halogenated alkanes) is 4. The predicted octanol–water partition coefficient (Wildman–Crippen LogP) is 2.32. The molecule has 0 saturated heterocycles. The number of nitrogens with one attached hydrogen (secondary N) is 2. The number of carbonyl (C=O) groups excluding carboxylic acids is 1. The average Bonchev–Trinajstić information content (AvgIpc) is 2.26. The van der Waals surface area contributed by atoms with E-state index >= 15 is 0 Å². The molecule has 0 saturated carbocycles. The van der Waals surface area contributed by atoms with Gasteiger partial charge < -0.3 is 10.6 Å². The molecule has 1 unspecified atom stereocenters. The largest absolute Gasteiger partial charge is 0.356 e. The maximum atomic E-state index is 11.5. The first-order chi connectivity index (χ1) is 7.70. The smallest absolute Gasteiger partial charge is 0.220 e. The molecular weight excluding hydrogens is 200 g/mol. The van der Waals surface area contributed by atoms with Crippen LogP contribution < -0.4 is 10.6 Å². The standard InChI is InChI=1S/C13H28N2O/c1-4-5-6-7-8-9-13(16)15-11-12(2)10-14-3/h12,14H,4-11H2,1-3H3,(H,15,16). The van der Waals surface area contributed by atoms with Crippen molar-refractivity contribution in [1.82, 2.24) is 10.6 Å². The predicted molar refractivity (Wildman–Crippen MR) is 69.5 cm³/mol. The summed E-state index contributed by atoms with van der Waals surface area (Å²) >= 11 is 0. The second kappa shape index (κ2) is 10.9. The van der Waals surface area contributed by atoms with Crippen molar-refractivity contribution >= 4 is 5.91 Å². The minimum Gasteiger partial charge on any atom is -0.356 e. The molecule has 0 aromatic rings. The van der Waals surface area contributed by atoms with E-state index in [0.29, 0.717) is 12.3 Å². The van der Waals surface area contributed by atoms with Gasteiger partial charge in [-0.05, 0) is 25.9 Å². The van der Waals surface area contributed by atoms with E-state index in [-0.39, 0.29) is 5.91 Å². The summed E-state index contributed by atoms with van der Waals surface area (Å²) in [5, 5.41) is 6.09. The summed E-state index contributed by atoms with van der Waals surface area (Å²) in [6.45, 7) is 6.08. The molecule has 0 aliphatic carbocycles. The molecule has 1 atom stereocenters. The van der Waals surface area contributed by atoms with Gasteiger partial charge in [-0.3, -0.25) is 4.79 Å². The van der Waals surface area contributed by atoms with E-state index in [9.17, 15) is 4.79 Å². The molecule has 1 amide bonds. The van der Waals surface area contributed by atoms with Gasteiger partial charge in [0.25, 0.3) is 0 Å². The monoisotopic (exact) mass is 228 g/mol. The molecule has 0 fully saturated rings. The van der Waals surface area contributed by atoms with E-state index in [1.165, 1.54) is 25.7 Å². The van der Waals surface area contributed by atoms with Gasteiger partial charge in [0.2, 0.25) is 5.91 Å². The fraction of sp³-hybridized carbons (Fsp3) is 0.923. The van der Waals surface area contributed by atoms with Crippen LogP contribution in [-0.4, -0.2) is 26.0 Å². The van der Waals surface area contributed by atoms with Crippen LogP contribution in [0.3, 0.4) is 0 Å². The summed E-state index contributed by atoms with van der Waals surface area (Å²) in [6, 6.07) is 0. The van der Waals surface area contributed by atoms with E-state index in [0.717, 1.165) is 19.5 Å². The van der Waals surface area contributed by atoms with E-state index < -0.39 is 0 Å². The Kier molecular flexibility index (Phi) is 10.5. The lowest BCUT2D eigenvalue weighted by Crippen LogP contribution is -2.32. The lowest BCUT2D eigenvalue weighted by atomic mass is 10.1. The van der Waals surface area contributed by atoms with Gasteiger partial charge in [0, 0.05) is 13.0 Å². The molecule has 3 nitrogen and oxygen atoms in total. The molecule has 16 heavy (non-hydrogen) atoms. The Balaban J connectivity index is 3.30. The third-order valence-electron chi connectivity index (χ3n) is 2.71. The maximum absolute atomic E-state index is 11.5. The van der Waals surface area contributed by atoms with E-state index in [1.807, 2.05) is 7.05 Å².